The molecule has 6 nitrogen and oxygen atoms in total. The van der Waals surface area contributed by atoms with Crippen LogP contribution in [0.4, 0.5) is 15.8 Å². The first kappa shape index (κ1) is 21.3. The molecule has 1 amide bonds. The van der Waals surface area contributed by atoms with E-state index >= 15 is 0 Å². The number of hydrogen-bond donors (Lipinski definition) is 1. The van der Waals surface area contributed by atoms with Gasteiger partial charge in [0, 0.05) is 31.5 Å². The predicted molar refractivity (Wildman–Crippen MR) is 112 cm³/mol. The summed E-state index contributed by atoms with van der Waals surface area (Å²) in [6.07, 6.45) is 2.35. The number of anilines is 2. The Hall–Kier alpha value is -2.45. The lowest BCUT2D eigenvalue weighted by atomic mass is 9.99. The highest BCUT2D eigenvalue weighted by atomic mass is 32.2. The molecule has 0 spiro atoms. The summed E-state index contributed by atoms with van der Waals surface area (Å²) in [4.78, 5) is 14.6. The van der Waals surface area contributed by atoms with Crippen molar-refractivity contribution in [2.45, 2.75) is 24.7 Å². The van der Waals surface area contributed by atoms with Crippen molar-refractivity contribution < 1.29 is 17.6 Å². The second-order valence-electron chi connectivity index (χ2n) is 7.48. The Labute approximate surface area is 171 Å². The topological polar surface area (TPSA) is 69.7 Å². The van der Waals surface area contributed by atoms with Gasteiger partial charge in [-0.1, -0.05) is 6.92 Å². The third-order valence-electron chi connectivity index (χ3n) is 5.19. The van der Waals surface area contributed by atoms with E-state index in [2.05, 4.69) is 17.1 Å². The van der Waals surface area contributed by atoms with E-state index in [4.69, 9.17) is 0 Å². The van der Waals surface area contributed by atoms with Crippen LogP contribution in [0, 0.1) is 11.7 Å². The fraction of sp³-hybridized carbons (Fsp3) is 0.381. The lowest BCUT2D eigenvalue weighted by molar-refractivity contribution is -0.116. The quantitative estimate of drug-likeness (QED) is 0.780. The third kappa shape index (κ3) is 5.33. The summed E-state index contributed by atoms with van der Waals surface area (Å²) >= 11 is 0. The molecule has 2 aromatic carbocycles. The second kappa shape index (κ2) is 8.92. The molecular weight excluding hydrogens is 393 g/mol. The van der Waals surface area contributed by atoms with E-state index in [0.717, 1.165) is 41.1 Å². The zero-order valence-electron chi connectivity index (χ0n) is 16.6. The van der Waals surface area contributed by atoms with Gasteiger partial charge in [0.1, 0.15) is 5.82 Å². The number of nitrogens with one attached hydrogen (secondary N) is 1. The maximum atomic E-state index is 13.0. The van der Waals surface area contributed by atoms with Crippen LogP contribution < -0.4 is 10.2 Å². The number of carbonyl (C=O) groups is 1. The highest BCUT2D eigenvalue weighted by Crippen LogP contribution is 2.24. The lowest BCUT2D eigenvalue weighted by Crippen LogP contribution is -2.35. The molecular formula is C21H26FN3O3S. The van der Waals surface area contributed by atoms with Crippen molar-refractivity contribution in [3.63, 3.8) is 0 Å². The van der Waals surface area contributed by atoms with Crippen LogP contribution in [0.3, 0.4) is 0 Å². The standard InChI is InChI=1S/C21H26FN3O3S/c1-16-11-13-25(14-12-16)19-7-5-18(6-8-19)23-21(26)15-24(2)29(27,28)20-9-3-17(22)4-10-20/h3-10,16H,11-15H2,1-2H3,(H,23,26). The molecule has 1 heterocycles. The van der Waals surface area contributed by atoms with Crippen LogP contribution in [0.1, 0.15) is 19.8 Å². The Kier molecular flexibility index (Phi) is 6.54. The number of nitrogens with zero attached hydrogens (tertiary/aromatic N) is 2. The van der Waals surface area contributed by atoms with Crippen LogP contribution >= 0.6 is 0 Å². The predicted octanol–water partition coefficient (Wildman–Crippen LogP) is 3.32. The molecule has 156 valence electrons. The number of halogens is 1. The minimum Gasteiger partial charge on any atom is -0.372 e. The number of hydrogen-bond acceptors (Lipinski definition) is 4. The summed E-state index contributed by atoms with van der Waals surface area (Å²) in [6, 6.07) is 12.1. The monoisotopic (exact) mass is 419 g/mol. The number of rotatable bonds is 6. The second-order valence-corrected chi connectivity index (χ2v) is 9.52. The highest BCUT2D eigenvalue weighted by molar-refractivity contribution is 7.89. The Balaban J connectivity index is 1.58. The van der Waals surface area contributed by atoms with Gasteiger partial charge in [-0.15, -0.1) is 0 Å². The number of likely N-dealkylation sites (N-methyl/N-ethyl adjacent to an activating group) is 1. The maximum Gasteiger partial charge on any atom is 0.243 e. The summed E-state index contributed by atoms with van der Waals surface area (Å²) in [5, 5.41) is 2.72. The van der Waals surface area contributed by atoms with Crippen molar-refractivity contribution in [2.24, 2.45) is 5.92 Å². The molecule has 29 heavy (non-hydrogen) atoms. The number of piperidine rings is 1. The molecule has 1 aliphatic rings. The summed E-state index contributed by atoms with van der Waals surface area (Å²) in [5.41, 5.74) is 1.72. The van der Waals surface area contributed by atoms with Gasteiger partial charge in [-0.05, 0) is 67.3 Å². The summed E-state index contributed by atoms with van der Waals surface area (Å²) in [5.74, 6) is -0.211. The van der Waals surface area contributed by atoms with E-state index < -0.39 is 21.7 Å². The van der Waals surface area contributed by atoms with Crippen molar-refractivity contribution in [3.8, 4) is 0 Å². The van der Waals surface area contributed by atoms with E-state index in [-0.39, 0.29) is 11.4 Å². The molecule has 0 radical (unpaired) electrons. The molecule has 1 fully saturated rings. The number of amides is 1. The molecule has 0 aliphatic carbocycles. The van der Waals surface area contributed by atoms with Crippen LogP contribution in [-0.2, 0) is 14.8 Å². The van der Waals surface area contributed by atoms with Gasteiger partial charge in [0.15, 0.2) is 0 Å². The molecule has 1 saturated heterocycles. The molecule has 3 rings (SSSR count). The molecule has 8 heteroatoms. The van der Waals surface area contributed by atoms with E-state index in [1.54, 1.807) is 0 Å². The van der Waals surface area contributed by atoms with Crippen molar-refractivity contribution in [2.75, 3.05) is 36.9 Å². The largest absolute Gasteiger partial charge is 0.372 e. The molecule has 0 aromatic heterocycles. The summed E-state index contributed by atoms with van der Waals surface area (Å²) < 4.78 is 38.9. The molecule has 0 bridgehead atoms. The van der Waals surface area contributed by atoms with Gasteiger partial charge < -0.3 is 10.2 Å². The van der Waals surface area contributed by atoms with Gasteiger partial charge in [0.2, 0.25) is 15.9 Å². The Morgan fingerprint density at radius 3 is 2.28 bits per heavy atom. The average molecular weight is 420 g/mol. The lowest BCUT2D eigenvalue weighted by Gasteiger charge is -2.32. The highest BCUT2D eigenvalue weighted by Gasteiger charge is 2.23. The van der Waals surface area contributed by atoms with E-state index in [0.29, 0.717) is 5.69 Å². The van der Waals surface area contributed by atoms with Gasteiger partial charge in [-0.3, -0.25) is 4.79 Å². The van der Waals surface area contributed by atoms with Crippen LogP contribution in [0.15, 0.2) is 53.4 Å². The zero-order valence-corrected chi connectivity index (χ0v) is 17.5. The van der Waals surface area contributed by atoms with Gasteiger partial charge in [0.25, 0.3) is 0 Å². The van der Waals surface area contributed by atoms with E-state index in [1.165, 1.54) is 32.0 Å². The number of benzene rings is 2. The zero-order chi connectivity index (χ0) is 21.0. The van der Waals surface area contributed by atoms with Crippen molar-refractivity contribution in [3.05, 3.63) is 54.3 Å². The van der Waals surface area contributed by atoms with Crippen LogP contribution in [0.2, 0.25) is 0 Å². The molecule has 0 unspecified atom stereocenters. The fourth-order valence-electron chi connectivity index (χ4n) is 3.30. The minimum absolute atomic E-state index is 0.0607. The fourth-order valence-corrected chi connectivity index (χ4v) is 4.42. The van der Waals surface area contributed by atoms with Crippen LogP contribution in [0.25, 0.3) is 0 Å². The first-order valence-electron chi connectivity index (χ1n) is 9.62. The third-order valence-corrected chi connectivity index (χ3v) is 7.01. The molecule has 1 aliphatic heterocycles. The first-order valence-corrected chi connectivity index (χ1v) is 11.1. The van der Waals surface area contributed by atoms with Crippen molar-refractivity contribution in [1.29, 1.82) is 0 Å². The maximum absolute atomic E-state index is 13.0. The Morgan fingerprint density at radius 2 is 1.69 bits per heavy atom. The van der Waals surface area contributed by atoms with Gasteiger partial charge >= 0.3 is 0 Å². The minimum atomic E-state index is -3.87. The number of carbonyl (C=O) groups excluding carboxylic acids is 1. The average Bonchev–Trinajstić information content (AvgIpc) is 2.69. The molecule has 2 aromatic rings. The normalized spacial score (nSPS) is 15.5. The summed E-state index contributed by atoms with van der Waals surface area (Å²) in [6.45, 7) is 3.98. The van der Waals surface area contributed by atoms with Crippen LogP contribution in [-0.4, -0.2) is 45.3 Å². The van der Waals surface area contributed by atoms with Crippen molar-refractivity contribution >= 4 is 27.3 Å². The van der Waals surface area contributed by atoms with E-state index in [9.17, 15) is 17.6 Å². The SMILES string of the molecule is CC1CCN(c2ccc(NC(=O)CN(C)S(=O)(=O)c3ccc(F)cc3)cc2)CC1. The van der Waals surface area contributed by atoms with E-state index in [1.807, 2.05) is 24.3 Å². The van der Waals surface area contributed by atoms with Crippen LogP contribution in [0.5, 0.6) is 0 Å². The molecule has 1 N–H and O–H groups in total. The van der Waals surface area contributed by atoms with Crippen molar-refractivity contribution in [1.82, 2.24) is 4.31 Å². The van der Waals surface area contributed by atoms with Gasteiger partial charge in [-0.2, -0.15) is 4.31 Å². The molecule has 0 atom stereocenters. The van der Waals surface area contributed by atoms with Gasteiger partial charge in [-0.25, -0.2) is 12.8 Å². The smallest absolute Gasteiger partial charge is 0.243 e. The first-order chi connectivity index (χ1) is 13.8. The molecule has 0 saturated carbocycles. The Morgan fingerprint density at radius 1 is 1.10 bits per heavy atom. The van der Waals surface area contributed by atoms with Gasteiger partial charge in [0.05, 0.1) is 11.4 Å². The Bertz CT molecular complexity index is 938. The summed E-state index contributed by atoms with van der Waals surface area (Å²) in [7, 11) is -2.55. The number of sulfonamides is 1.